The van der Waals surface area contributed by atoms with Gasteiger partial charge in [-0.1, -0.05) is 12.8 Å². The highest BCUT2D eigenvalue weighted by Crippen LogP contribution is 2.30. The molecule has 0 heterocycles. The van der Waals surface area contributed by atoms with Crippen LogP contribution in [0.4, 0.5) is 4.39 Å². The first-order valence-corrected chi connectivity index (χ1v) is 9.01. The molecule has 1 aromatic rings. The molecule has 0 atom stereocenters. The molecule has 1 N–H and O–H groups in total. The van der Waals surface area contributed by atoms with Gasteiger partial charge >= 0.3 is 0 Å². The Hall–Kier alpha value is -1.14. The van der Waals surface area contributed by atoms with E-state index >= 15 is 0 Å². The lowest BCUT2D eigenvalue weighted by Gasteiger charge is -2.25. The fourth-order valence-corrected chi connectivity index (χ4v) is 3.97. The quantitative estimate of drug-likeness (QED) is 0.864. The van der Waals surface area contributed by atoms with Crippen molar-refractivity contribution in [2.75, 3.05) is 0 Å². The third-order valence-electron chi connectivity index (χ3n) is 3.95. The first-order valence-electron chi connectivity index (χ1n) is 6.70. The van der Waals surface area contributed by atoms with Gasteiger partial charge in [0.15, 0.2) is 0 Å². The Labute approximate surface area is 128 Å². The van der Waals surface area contributed by atoms with Gasteiger partial charge in [-0.2, -0.15) is 0 Å². The molecule has 0 saturated heterocycles. The molecule has 0 unspecified atom stereocenters. The fraction of sp³-hybridized carbons (Fsp3) is 0.500. The monoisotopic (exact) mass is 333 g/mol. The van der Waals surface area contributed by atoms with Gasteiger partial charge in [0.05, 0.1) is 4.90 Å². The van der Waals surface area contributed by atoms with E-state index < -0.39 is 20.8 Å². The van der Waals surface area contributed by atoms with E-state index in [1.807, 2.05) is 6.92 Å². The van der Waals surface area contributed by atoms with Crippen LogP contribution in [0.25, 0.3) is 0 Å². The number of rotatable bonds is 3. The van der Waals surface area contributed by atoms with Crippen LogP contribution >= 0.6 is 10.7 Å². The van der Waals surface area contributed by atoms with E-state index in [4.69, 9.17) is 10.7 Å². The molecule has 1 aliphatic carbocycles. The van der Waals surface area contributed by atoms with E-state index in [1.165, 1.54) is 6.92 Å². The first kappa shape index (κ1) is 16.2. The summed E-state index contributed by atoms with van der Waals surface area (Å²) >= 11 is 0. The van der Waals surface area contributed by atoms with Gasteiger partial charge in [-0.3, -0.25) is 4.79 Å². The lowest BCUT2D eigenvalue weighted by molar-refractivity contribution is 0.0906. The number of amides is 1. The van der Waals surface area contributed by atoms with E-state index in [2.05, 4.69) is 5.32 Å². The van der Waals surface area contributed by atoms with Crippen molar-refractivity contribution < 1.29 is 17.6 Å². The Kier molecular flexibility index (Phi) is 4.31. The van der Waals surface area contributed by atoms with E-state index in [9.17, 15) is 17.6 Å². The molecule has 21 heavy (non-hydrogen) atoms. The standard InChI is InChI=1S/C14H17ClFNO3S/c1-9-11(7-10(16)8-12(9)21(15,19)20)13(18)17-14(2)5-3-4-6-14/h7-8H,3-6H2,1-2H3,(H,17,18). The summed E-state index contributed by atoms with van der Waals surface area (Å²) in [4.78, 5) is 12.0. The minimum absolute atomic E-state index is 0.00218. The smallest absolute Gasteiger partial charge is 0.261 e. The Balaban J connectivity index is 2.40. The van der Waals surface area contributed by atoms with Crippen molar-refractivity contribution in [3.05, 3.63) is 29.1 Å². The van der Waals surface area contributed by atoms with Gasteiger partial charge in [-0.15, -0.1) is 0 Å². The first-order chi connectivity index (χ1) is 9.62. The maximum atomic E-state index is 13.6. The summed E-state index contributed by atoms with van der Waals surface area (Å²) in [7, 11) is 1.18. The van der Waals surface area contributed by atoms with Crippen molar-refractivity contribution in [2.45, 2.75) is 50.0 Å². The van der Waals surface area contributed by atoms with Crippen LogP contribution in [0.5, 0.6) is 0 Å². The van der Waals surface area contributed by atoms with Crippen molar-refractivity contribution in [3.8, 4) is 0 Å². The molecule has 1 aromatic carbocycles. The number of carbonyl (C=O) groups is 1. The topological polar surface area (TPSA) is 63.2 Å². The van der Waals surface area contributed by atoms with Crippen molar-refractivity contribution in [1.82, 2.24) is 5.32 Å². The van der Waals surface area contributed by atoms with Gasteiger partial charge in [-0.25, -0.2) is 12.8 Å². The summed E-state index contributed by atoms with van der Waals surface area (Å²) in [5.74, 6) is -1.28. The molecule has 0 aliphatic heterocycles. The van der Waals surface area contributed by atoms with Crippen molar-refractivity contribution in [1.29, 1.82) is 0 Å². The Morgan fingerprint density at radius 2 is 1.90 bits per heavy atom. The Morgan fingerprint density at radius 1 is 1.33 bits per heavy atom. The van der Waals surface area contributed by atoms with Crippen molar-refractivity contribution in [2.24, 2.45) is 0 Å². The second-order valence-corrected chi connectivity index (χ2v) is 8.27. The number of benzene rings is 1. The molecule has 1 saturated carbocycles. The zero-order chi connectivity index (χ0) is 15.8. The van der Waals surface area contributed by atoms with Crippen LogP contribution in [0.2, 0.25) is 0 Å². The molecule has 2 rings (SSSR count). The number of nitrogens with one attached hydrogen (secondary N) is 1. The zero-order valence-electron chi connectivity index (χ0n) is 11.9. The van der Waals surface area contributed by atoms with Gasteiger partial charge in [0.1, 0.15) is 5.82 Å². The minimum Gasteiger partial charge on any atom is -0.347 e. The molecule has 0 aromatic heterocycles. The Morgan fingerprint density at radius 3 is 2.43 bits per heavy atom. The molecular weight excluding hydrogens is 317 g/mol. The molecule has 0 radical (unpaired) electrons. The van der Waals surface area contributed by atoms with Crippen LogP contribution in [0.1, 0.15) is 48.5 Å². The molecule has 1 fully saturated rings. The highest BCUT2D eigenvalue weighted by molar-refractivity contribution is 8.13. The highest BCUT2D eigenvalue weighted by atomic mass is 35.7. The molecule has 7 heteroatoms. The van der Waals surface area contributed by atoms with Crippen molar-refractivity contribution in [3.63, 3.8) is 0 Å². The molecule has 1 aliphatic rings. The van der Waals surface area contributed by atoms with E-state index in [1.54, 1.807) is 0 Å². The summed E-state index contributed by atoms with van der Waals surface area (Å²) in [5, 5.41) is 2.87. The summed E-state index contributed by atoms with van der Waals surface area (Å²) in [5.41, 5.74) is -0.164. The van der Waals surface area contributed by atoms with E-state index in [0.29, 0.717) is 0 Å². The zero-order valence-corrected chi connectivity index (χ0v) is 13.4. The fourth-order valence-electron chi connectivity index (χ4n) is 2.76. The van der Waals surface area contributed by atoms with Crippen molar-refractivity contribution >= 4 is 25.6 Å². The largest absolute Gasteiger partial charge is 0.347 e. The van der Waals surface area contributed by atoms with Crippen LogP contribution in [0, 0.1) is 12.7 Å². The maximum absolute atomic E-state index is 13.6. The Bertz CT molecular complexity index is 682. The minimum atomic E-state index is -4.10. The van der Waals surface area contributed by atoms with Crippen LogP contribution in [-0.4, -0.2) is 19.9 Å². The average Bonchev–Trinajstić information content (AvgIpc) is 2.76. The van der Waals surface area contributed by atoms with Crippen LogP contribution < -0.4 is 5.32 Å². The van der Waals surface area contributed by atoms with E-state index in [0.717, 1.165) is 37.8 Å². The summed E-state index contributed by atoms with van der Waals surface area (Å²) in [6.45, 7) is 3.38. The maximum Gasteiger partial charge on any atom is 0.261 e. The third-order valence-corrected chi connectivity index (χ3v) is 5.40. The number of halogens is 2. The van der Waals surface area contributed by atoms with Gasteiger partial charge < -0.3 is 5.32 Å². The van der Waals surface area contributed by atoms with Crippen LogP contribution in [0.15, 0.2) is 17.0 Å². The average molecular weight is 334 g/mol. The molecule has 1 amide bonds. The summed E-state index contributed by atoms with van der Waals surface area (Å²) in [6, 6.07) is 1.86. The van der Waals surface area contributed by atoms with Gasteiger partial charge in [0, 0.05) is 21.8 Å². The third kappa shape index (κ3) is 3.55. The highest BCUT2D eigenvalue weighted by Gasteiger charge is 2.31. The number of carbonyl (C=O) groups excluding carboxylic acids is 1. The predicted molar refractivity (Wildman–Crippen MR) is 78.5 cm³/mol. The van der Waals surface area contributed by atoms with Gasteiger partial charge in [-0.05, 0) is 44.4 Å². The molecule has 0 spiro atoms. The van der Waals surface area contributed by atoms with Gasteiger partial charge in [0.2, 0.25) is 0 Å². The lowest BCUT2D eigenvalue weighted by atomic mass is 9.99. The second-order valence-electron chi connectivity index (χ2n) is 5.74. The molecular formula is C14H17ClFNO3S. The molecule has 116 valence electrons. The number of hydrogen-bond donors (Lipinski definition) is 1. The summed E-state index contributed by atoms with van der Waals surface area (Å²) < 4.78 is 36.5. The van der Waals surface area contributed by atoms with Gasteiger partial charge in [0.25, 0.3) is 15.0 Å². The normalized spacial score (nSPS) is 17.7. The molecule has 4 nitrogen and oxygen atoms in total. The van der Waals surface area contributed by atoms with Crippen LogP contribution in [-0.2, 0) is 9.05 Å². The second kappa shape index (κ2) is 5.57. The number of hydrogen-bond acceptors (Lipinski definition) is 3. The lowest BCUT2D eigenvalue weighted by Crippen LogP contribution is -2.43. The SMILES string of the molecule is Cc1c(C(=O)NC2(C)CCCC2)cc(F)cc1S(=O)(=O)Cl. The predicted octanol–water partition coefficient (Wildman–Crippen LogP) is 3.12. The summed E-state index contributed by atoms with van der Waals surface area (Å²) in [6.07, 6.45) is 3.77. The van der Waals surface area contributed by atoms with Crippen LogP contribution in [0.3, 0.4) is 0 Å². The van der Waals surface area contributed by atoms with E-state index in [-0.39, 0.29) is 21.6 Å². The molecule has 0 bridgehead atoms.